The van der Waals surface area contributed by atoms with E-state index in [9.17, 15) is 13.2 Å². The summed E-state index contributed by atoms with van der Waals surface area (Å²) in [5.41, 5.74) is 2.15. The Hall–Kier alpha value is -2.78. The average molecular weight is 417 g/mol. The Labute approximate surface area is 170 Å². The van der Waals surface area contributed by atoms with E-state index >= 15 is 0 Å². The van der Waals surface area contributed by atoms with Gasteiger partial charge in [0, 0.05) is 44.0 Å². The minimum absolute atomic E-state index is 0.0429. The van der Waals surface area contributed by atoms with Gasteiger partial charge in [-0.1, -0.05) is 6.07 Å². The maximum Gasteiger partial charge on any atom is 0.253 e. The van der Waals surface area contributed by atoms with Crippen LogP contribution in [0.3, 0.4) is 0 Å². The van der Waals surface area contributed by atoms with Gasteiger partial charge < -0.3 is 14.4 Å². The van der Waals surface area contributed by atoms with Crippen molar-refractivity contribution < 1.29 is 22.7 Å². The normalized spacial score (nSPS) is 16.7. The molecule has 1 N–H and O–H groups in total. The molecule has 0 aliphatic carbocycles. The van der Waals surface area contributed by atoms with E-state index in [1.54, 1.807) is 24.3 Å². The number of nitrogens with zero attached hydrogens (tertiary/aromatic N) is 2. The molecule has 154 valence electrons. The molecule has 9 heteroatoms. The molecule has 2 aliphatic heterocycles. The zero-order valence-corrected chi connectivity index (χ0v) is 16.9. The molecule has 0 radical (unpaired) electrons. The smallest absolute Gasteiger partial charge is 0.253 e. The van der Waals surface area contributed by atoms with Gasteiger partial charge in [0.1, 0.15) is 0 Å². The molecule has 2 aromatic carbocycles. The van der Waals surface area contributed by atoms with Crippen LogP contribution in [-0.2, 0) is 16.6 Å². The van der Waals surface area contributed by atoms with Crippen LogP contribution in [0.15, 0.2) is 42.5 Å². The molecule has 0 aromatic heterocycles. The molecule has 1 saturated heterocycles. The van der Waals surface area contributed by atoms with Crippen LogP contribution in [0.4, 0.5) is 5.69 Å². The third-order valence-corrected chi connectivity index (χ3v) is 5.54. The maximum atomic E-state index is 12.7. The molecular weight excluding hydrogens is 394 g/mol. The second-order valence-electron chi connectivity index (χ2n) is 7.21. The fourth-order valence-corrected chi connectivity index (χ4v) is 4.05. The van der Waals surface area contributed by atoms with Crippen molar-refractivity contribution in [2.24, 2.45) is 0 Å². The third kappa shape index (κ3) is 4.80. The van der Waals surface area contributed by atoms with Gasteiger partial charge in [0.25, 0.3) is 5.91 Å². The van der Waals surface area contributed by atoms with Crippen molar-refractivity contribution in [3.63, 3.8) is 0 Å². The number of sulfonamides is 1. The highest BCUT2D eigenvalue weighted by atomic mass is 32.2. The maximum absolute atomic E-state index is 12.7. The Balaban J connectivity index is 1.31. The Morgan fingerprint density at radius 3 is 2.38 bits per heavy atom. The number of amides is 1. The van der Waals surface area contributed by atoms with Gasteiger partial charge in [-0.2, -0.15) is 0 Å². The molecule has 0 spiro atoms. The SMILES string of the molecule is CS(=O)(=O)Nc1ccc(C(=O)N2CCN(Cc3ccc4c(c3)OCO4)CC2)cc1. The van der Waals surface area contributed by atoms with Crippen molar-refractivity contribution in [1.29, 1.82) is 0 Å². The lowest BCUT2D eigenvalue weighted by Gasteiger charge is -2.34. The number of carbonyl (C=O) groups is 1. The second kappa shape index (κ2) is 7.92. The quantitative estimate of drug-likeness (QED) is 0.797. The summed E-state index contributed by atoms with van der Waals surface area (Å²) in [6, 6.07) is 12.5. The van der Waals surface area contributed by atoms with E-state index in [0.717, 1.165) is 43.0 Å². The van der Waals surface area contributed by atoms with Crippen molar-refractivity contribution in [2.45, 2.75) is 6.54 Å². The van der Waals surface area contributed by atoms with E-state index in [1.807, 2.05) is 23.1 Å². The molecule has 0 saturated carbocycles. The summed E-state index contributed by atoms with van der Waals surface area (Å²) < 4.78 is 35.7. The van der Waals surface area contributed by atoms with E-state index in [2.05, 4.69) is 9.62 Å². The molecule has 2 heterocycles. The predicted molar refractivity (Wildman–Crippen MR) is 109 cm³/mol. The van der Waals surface area contributed by atoms with Crippen LogP contribution in [-0.4, -0.2) is 63.4 Å². The summed E-state index contributed by atoms with van der Waals surface area (Å²) in [5.74, 6) is 1.52. The lowest BCUT2D eigenvalue weighted by molar-refractivity contribution is 0.0628. The first-order valence-electron chi connectivity index (χ1n) is 9.35. The van der Waals surface area contributed by atoms with Gasteiger partial charge in [0.05, 0.1) is 6.26 Å². The van der Waals surface area contributed by atoms with Crippen molar-refractivity contribution >= 4 is 21.6 Å². The molecule has 2 aliphatic rings. The van der Waals surface area contributed by atoms with Gasteiger partial charge >= 0.3 is 0 Å². The molecule has 0 atom stereocenters. The van der Waals surface area contributed by atoms with Crippen LogP contribution in [0.25, 0.3) is 0 Å². The topological polar surface area (TPSA) is 88.2 Å². The molecule has 1 fully saturated rings. The molecule has 0 unspecified atom stereocenters. The zero-order valence-electron chi connectivity index (χ0n) is 16.1. The van der Waals surface area contributed by atoms with E-state index in [4.69, 9.17) is 9.47 Å². The fourth-order valence-electron chi connectivity index (χ4n) is 3.48. The number of nitrogens with one attached hydrogen (secondary N) is 1. The van der Waals surface area contributed by atoms with Gasteiger partial charge in [0.15, 0.2) is 11.5 Å². The third-order valence-electron chi connectivity index (χ3n) is 4.94. The average Bonchev–Trinajstić information content (AvgIpc) is 3.15. The summed E-state index contributed by atoms with van der Waals surface area (Å²) >= 11 is 0. The number of hydrogen-bond donors (Lipinski definition) is 1. The van der Waals surface area contributed by atoms with Gasteiger partial charge in [-0.15, -0.1) is 0 Å². The van der Waals surface area contributed by atoms with Crippen molar-refractivity contribution in [1.82, 2.24) is 9.80 Å². The van der Waals surface area contributed by atoms with E-state index < -0.39 is 10.0 Å². The fraction of sp³-hybridized carbons (Fsp3) is 0.350. The largest absolute Gasteiger partial charge is 0.454 e. The Morgan fingerprint density at radius 1 is 1.00 bits per heavy atom. The van der Waals surface area contributed by atoms with Crippen LogP contribution < -0.4 is 14.2 Å². The standard InChI is InChI=1S/C20H23N3O5S/c1-29(25,26)21-17-5-3-16(4-6-17)20(24)23-10-8-22(9-11-23)13-15-2-7-18-19(12-15)28-14-27-18/h2-7,12,21H,8-11,13-14H2,1H3. The first-order chi connectivity index (χ1) is 13.9. The second-order valence-corrected chi connectivity index (χ2v) is 8.96. The highest BCUT2D eigenvalue weighted by Gasteiger charge is 2.23. The Kier molecular flexibility index (Phi) is 5.33. The number of rotatable bonds is 5. The first-order valence-corrected chi connectivity index (χ1v) is 11.2. The Bertz CT molecular complexity index is 999. The minimum Gasteiger partial charge on any atom is -0.454 e. The number of carbonyl (C=O) groups excluding carboxylic acids is 1. The molecular formula is C20H23N3O5S. The predicted octanol–water partition coefficient (Wildman–Crippen LogP) is 1.74. The number of benzene rings is 2. The van der Waals surface area contributed by atoms with Gasteiger partial charge in [-0.25, -0.2) is 8.42 Å². The summed E-state index contributed by atoms with van der Waals surface area (Å²) in [6.45, 7) is 3.93. The van der Waals surface area contributed by atoms with Gasteiger partial charge in [-0.3, -0.25) is 14.4 Å². The van der Waals surface area contributed by atoms with Crippen LogP contribution in [0.1, 0.15) is 15.9 Å². The number of piperazine rings is 1. The Morgan fingerprint density at radius 2 is 1.69 bits per heavy atom. The summed E-state index contributed by atoms with van der Waals surface area (Å²) in [7, 11) is -3.33. The van der Waals surface area contributed by atoms with Crippen LogP contribution in [0.5, 0.6) is 11.5 Å². The van der Waals surface area contributed by atoms with Crippen molar-refractivity contribution in [2.75, 3.05) is 43.9 Å². The van der Waals surface area contributed by atoms with Crippen LogP contribution >= 0.6 is 0 Å². The number of ether oxygens (including phenoxy) is 2. The van der Waals surface area contributed by atoms with Crippen molar-refractivity contribution in [3.8, 4) is 11.5 Å². The van der Waals surface area contributed by atoms with E-state index in [1.165, 1.54) is 0 Å². The number of anilines is 1. The minimum atomic E-state index is -3.33. The molecule has 0 bridgehead atoms. The van der Waals surface area contributed by atoms with Crippen LogP contribution in [0, 0.1) is 0 Å². The van der Waals surface area contributed by atoms with Gasteiger partial charge in [0.2, 0.25) is 16.8 Å². The summed E-state index contributed by atoms with van der Waals surface area (Å²) in [5, 5.41) is 0. The summed E-state index contributed by atoms with van der Waals surface area (Å²) in [6.07, 6.45) is 1.09. The monoisotopic (exact) mass is 417 g/mol. The number of fused-ring (bicyclic) bond motifs is 1. The van der Waals surface area contributed by atoms with Crippen LogP contribution in [0.2, 0.25) is 0 Å². The van der Waals surface area contributed by atoms with E-state index in [0.29, 0.717) is 24.3 Å². The lowest BCUT2D eigenvalue weighted by Crippen LogP contribution is -2.48. The molecule has 8 nitrogen and oxygen atoms in total. The van der Waals surface area contributed by atoms with Gasteiger partial charge in [-0.05, 0) is 42.0 Å². The lowest BCUT2D eigenvalue weighted by atomic mass is 10.1. The highest BCUT2D eigenvalue weighted by Crippen LogP contribution is 2.32. The first kappa shape index (κ1) is 19.5. The van der Waals surface area contributed by atoms with E-state index in [-0.39, 0.29) is 12.7 Å². The number of hydrogen-bond acceptors (Lipinski definition) is 6. The summed E-state index contributed by atoms with van der Waals surface area (Å²) in [4.78, 5) is 16.9. The zero-order chi connectivity index (χ0) is 20.4. The molecule has 4 rings (SSSR count). The molecule has 2 aromatic rings. The molecule has 29 heavy (non-hydrogen) atoms. The highest BCUT2D eigenvalue weighted by molar-refractivity contribution is 7.92. The molecule has 1 amide bonds. The van der Waals surface area contributed by atoms with Crippen molar-refractivity contribution in [3.05, 3.63) is 53.6 Å².